The number of anilines is 1. The molecule has 2 aliphatic heterocycles. The van der Waals surface area contributed by atoms with Gasteiger partial charge in [-0.2, -0.15) is 5.26 Å². The average Bonchev–Trinajstić information content (AvgIpc) is 2.89. The van der Waals surface area contributed by atoms with Gasteiger partial charge in [-0.05, 0) is 43.4 Å². The van der Waals surface area contributed by atoms with Gasteiger partial charge >= 0.3 is 0 Å². The topological polar surface area (TPSA) is 112 Å². The molecule has 0 unspecified atom stereocenters. The zero-order valence-electron chi connectivity index (χ0n) is 19.4. The van der Waals surface area contributed by atoms with Crippen molar-refractivity contribution in [3.8, 4) is 11.8 Å². The third kappa shape index (κ3) is 5.56. The maximum absolute atomic E-state index is 14.0. The van der Waals surface area contributed by atoms with Gasteiger partial charge in [-0.25, -0.2) is 17.5 Å². The molecule has 11 heteroatoms. The van der Waals surface area contributed by atoms with Gasteiger partial charge < -0.3 is 19.3 Å². The van der Waals surface area contributed by atoms with Crippen LogP contribution in [0.1, 0.15) is 28.8 Å². The molecule has 2 aromatic rings. The molecule has 2 saturated heterocycles. The number of nitrogens with zero attached hydrogens (tertiary/aromatic N) is 3. The fourth-order valence-electron chi connectivity index (χ4n) is 4.17. The van der Waals surface area contributed by atoms with Crippen LogP contribution in [-0.2, 0) is 14.8 Å². The van der Waals surface area contributed by atoms with Crippen LogP contribution in [0.3, 0.4) is 0 Å². The van der Waals surface area contributed by atoms with Gasteiger partial charge in [-0.15, -0.1) is 0 Å². The van der Waals surface area contributed by atoms with Gasteiger partial charge in [-0.1, -0.05) is 0 Å². The molecule has 1 N–H and O–H groups in total. The molecule has 1 amide bonds. The fourth-order valence-corrected chi connectivity index (χ4v) is 4.92. The molecule has 0 saturated carbocycles. The fraction of sp³-hybridized carbons (Fsp3) is 0.417. The number of hydrogen-bond donors (Lipinski definition) is 1. The predicted molar refractivity (Wildman–Crippen MR) is 126 cm³/mol. The van der Waals surface area contributed by atoms with Gasteiger partial charge in [0.2, 0.25) is 10.0 Å². The number of rotatable bonds is 6. The van der Waals surface area contributed by atoms with Crippen molar-refractivity contribution >= 4 is 21.6 Å². The van der Waals surface area contributed by atoms with E-state index in [4.69, 9.17) is 14.7 Å². The van der Waals surface area contributed by atoms with Crippen LogP contribution in [0.2, 0.25) is 0 Å². The van der Waals surface area contributed by atoms with Gasteiger partial charge in [-0.3, -0.25) is 4.79 Å². The number of ether oxygens (including phenoxy) is 2. The third-order valence-electron chi connectivity index (χ3n) is 6.23. The van der Waals surface area contributed by atoms with Crippen LogP contribution >= 0.6 is 0 Å². The van der Waals surface area contributed by atoms with Crippen molar-refractivity contribution in [2.75, 3.05) is 51.3 Å². The van der Waals surface area contributed by atoms with Crippen molar-refractivity contribution in [2.24, 2.45) is 0 Å². The zero-order chi connectivity index (χ0) is 25.0. The highest BCUT2D eigenvalue weighted by Crippen LogP contribution is 2.28. The van der Waals surface area contributed by atoms with Crippen LogP contribution < -0.4 is 14.4 Å². The average molecular weight is 503 g/mol. The summed E-state index contributed by atoms with van der Waals surface area (Å²) in [5.74, 6) is -0.569. The lowest BCUT2D eigenvalue weighted by Gasteiger charge is -2.36. The summed E-state index contributed by atoms with van der Waals surface area (Å²) in [7, 11) is -2.44. The number of benzene rings is 2. The normalized spacial score (nSPS) is 17.2. The highest BCUT2D eigenvalue weighted by atomic mass is 32.2. The molecule has 0 aromatic heterocycles. The van der Waals surface area contributed by atoms with E-state index in [0.717, 1.165) is 0 Å². The first kappa shape index (κ1) is 24.9. The molecule has 186 valence electrons. The summed E-state index contributed by atoms with van der Waals surface area (Å²) in [6, 6.07) is 10.6. The first-order valence-corrected chi connectivity index (χ1v) is 12.9. The second-order valence-electron chi connectivity index (χ2n) is 8.35. The lowest BCUT2D eigenvalue weighted by molar-refractivity contribution is 0.0249. The Bertz CT molecular complexity index is 1230. The minimum absolute atomic E-state index is 0.0176. The van der Waals surface area contributed by atoms with E-state index in [9.17, 15) is 17.6 Å². The molecule has 2 aliphatic rings. The molecule has 0 radical (unpaired) electrons. The number of piperazine rings is 1. The minimum Gasteiger partial charge on any atom is -0.489 e. The van der Waals surface area contributed by atoms with E-state index in [2.05, 4.69) is 4.72 Å². The summed E-state index contributed by atoms with van der Waals surface area (Å²) in [6.07, 6.45) is 1.25. The number of carbonyl (C=O) groups is 1. The smallest absolute Gasteiger partial charge is 0.257 e. The molecule has 2 aromatic carbocycles. The predicted octanol–water partition coefficient (Wildman–Crippen LogP) is 2.13. The highest BCUT2D eigenvalue weighted by molar-refractivity contribution is 7.89. The SMILES string of the molecule is CNS(=O)(=O)c1ccc(OC2CCOCC2)c(C(=O)N2CCN(c3ccc(C#N)c(F)c3)CC2)c1. The number of sulfonamides is 1. The molecule has 4 rings (SSSR count). The van der Waals surface area contributed by atoms with Crippen LogP contribution in [0.15, 0.2) is 41.3 Å². The van der Waals surface area contributed by atoms with Crippen LogP contribution in [-0.4, -0.2) is 71.8 Å². The molecule has 0 bridgehead atoms. The molecule has 0 spiro atoms. The van der Waals surface area contributed by atoms with E-state index in [1.807, 2.05) is 4.90 Å². The zero-order valence-corrected chi connectivity index (χ0v) is 20.2. The number of nitrogens with one attached hydrogen (secondary N) is 1. The van der Waals surface area contributed by atoms with E-state index in [1.54, 1.807) is 17.0 Å². The number of carbonyl (C=O) groups excluding carboxylic acids is 1. The Balaban J connectivity index is 1.53. The summed E-state index contributed by atoms with van der Waals surface area (Å²) in [6.45, 7) is 2.78. The Morgan fingerprint density at radius 3 is 2.49 bits per heavy atom. The van der Waals surface area contributed by atoms with E-state index in [-0.39, 0.29) is 28.0 Å². The van der Waals surface area contributed by atoms with E-state index in [1.165, 1.54) is 37.4 Å². The van der Waals surface area contributed by atoms with Crippen molar-refractivity contribution < 1.29 is 27.1 Å². The number of amides is 1. The van der Waals surface area contributed by atoms with E-state index >= 15 is 0 Å². The van der Waals surface area contributed by atoms with Crippen molar-refractivity contribution in [1.29, 1.82) is 5.26 Å². The minimum atomic E-state index is -3.75. The highest BCUT2D eigenvalue weighted by Gasteiger charge is 2.28. The van der Waals surface area contributed by atoms with Crippen LogP contribution in [0.25, 0.3) is 0 Å². The molecule has 2 fully saturated rings. The van der Waals surface area contributed by atoms with E-state index < -0.39 is 15.8 Å². The van der Waals surface area contributed by atoms with Gasteiger partial charge in [0.1, 0.15) is 23.7 Å². The summed E-state index contributed by atoms with van der Waals surface area (Å²) in [5.41, 5.74) is 0.806. The molecular weight excluding hydrogens is 475 g/mol. The molecular formula is C24H27FN4O5S. The number of halogens is 1. The molecule has 9 nitrogen and oxygen atoms in total. The van der Waals surface area contributed by atoms with Gasteiger partial charge in [0.15, 0.2) is 0 Å². The molecule has 0 aliphatic carbocycles. The summed E-state index contributed by atoms with van der Waals surface area (Å²) >= 11 is 0. The summed E-state index contributed by atoms with van der Waals surface area (Å²) in [4.78, 5) is 17.1. The molecule has 35 heavy (non-hydrogen) atoms. The second kappa shape index (κ2) is 10.6. The largest absolute Gasteiger partial charge is 0.489 e. The maximum Gasteiger partial charge on any atom is 0.257 e. The van der Waals surface area contributed by atoms with Crippen LogP contribution in [0, 0.1) is 17.1 Å². The lowest BCUT2D eigenvalue weighted by Crippen LogP contribution is -2.49. The Morgan fingerprint density at radius 1 is 1.14 bits per heavy atom. The standard InChI is InChI=1S/C24H27FN4O5S/c1-27-35(31,32)20-4-5-23(34-19-6-12-33-13-7-19)21(15-20)24(30)29-10-8-28(9-11-29)18-3-2-17(16-26)22(25)14-18/h2-5,14-15,19,27H,6-13H2,1H3. The second-order valence-corrected chi connectivity index (χ2v) is 10.2. The van der Waals surface area contributed by atoms with Gasteiger partial charge in [0.05, 0.1) is 29.2 Å². The van der Waals surface area contributed by atoms with E-state index in [0.29, 0.717) is 63.7 Å². The van der Waals surface area contributed by atoms with Gasteiger partial charge in [0.25, 0.3) is 5.91 Å². The van der Waals surface area contributed by atoms with Crippen molar-refractivity contribution in [2.45, 2.75) is 23.8 Å². The van der Waals surface area contributed by atoms with Crippen molar-refractivity contribution in [3.63, 3.8) is 0 Å². The first-order chi connectivity index (χ1) is 16.8. The molecule has 2 heterocycles. The van der Waals surface area contributed by atoms with Crippen molar-refractivity contribution in [1.82, 2.24) is 9.62 Å². The number of nitriles is 1. The van der Waals surface area contributed by atoms with Crippen molar-refractivity contribution in [3.05, 3.63) is 53.3 Å². The Kier molecular flexibility index (Phi) is 7.54. The van der Waals surface area contributed by atoms with Crippen LogP contribution in [0.5, 0.6) is 5.75 Å². The number of hydrogen-bond acceptors (Lipinski definition) is 7. The Labute approximate surface area is 204 Å². The Morgan fingerprint density at radius 2 is 1.86 bits per heavy atom. The monoisotopic (exact) mass is 502 g/mol. The Hall–Kier alpha value is -3.20. The summed E-state index contributed by atoms with van der Waals surface area (Å²) < 4.78 is 52.5. The lowest BCUT2D eigenvalue weighted by atomic mass is 10.1. The van der Waals surface area contributed by atoms with Crippen LogP contribution in [0.4, 0.5) is 10.1 Å². The first-order valence-electron chi connectivity index (χ1n) is 11.4. The quantitative estimate of drug-likeness (QED) is 0.644. The van der Waals surface area contributed by atoms with Gasteiger partial charge in [0, 0.05) is 44.7 Å². The molecule has 0 atom stereocenters. The third-order valence-corrected chi connectivity index (χ3v) is 7.64. The summed E-state index contributed by atoms with van der Waals surface area (Å²) in [5, 5.41) is 8.93. The maximum atomic E-state index is 14.0.